The van der Waals surface area contributed by atoms with Gasteiger partial charge in [0.1, 0.15) is 0 Å². The minimum absolute atomic E-state index is 0.904. The van der Waals surface area contributed by atoms with Gasteiger partial charge in [-0.25, -0.2) is 0 Å². The maximum atomic E-state index is 3.29. The van der Waals surface area contributed by atoms with Crippen LogP contribution >= 0.6 is 0 Å². The van der Waals surface area contributed by atoms with E-state index < -0.39 is 0 Å². The molecule has 1 rings (SSSR count). The summed E-state index contributed by atoms with van der Waals surface area (Å²) in [5, 5.41) is 3.29. The molecule has 1 fully saturated rings. The molecule has 1 aliphatic heterocycles. The fourth-order valence-corrected chi connectivity index (χ4v) is 0.928. The first kappa shape index (κ1) is 6.09. The Hall–Kier alpha value is -0.0400. The third-order valence-corrected chi connectivity index (χ3v) is 1.65. The second-order valence-electron chi connectivity index (χ2n) is 2.60. The Kier molecular flexibility index (Phi) is 2.34. The van der Waals surface area contributed by atoms with Crippen molar-refractivity contribution in [2.24, 2.45) is 0 Å². The van der Waals surface area contributed by atoms with Crippen LogP contribution in [-0.2, 0) is 0 Å². The molecule has 1 N–H and O–H groups in total. The van der Waals surface area contributed by atoms with Gasteiger partial charge in [0.05, 0.1) is 0 Å². The van der Waals surface area contributed by atoms with Crippen molar-refractivity contribution in [3.8, 4) is 0 Å². The van der Waals surface area contributed by atoms with Gasteiger partial charge in [-0.05, 0) is 6.42 Å². The van der Waals surface area contributed by atoms with Crippen molar-refractivity contribution in [1.82, 2.24) is 5.32 Å². The summed E-state index contributed by atoms with van der Waals surface area (Å²) >= 11 is 0. The van der Waals surface area contributed by atoms with E-state index in [1.807, 2.05) is 0 Å². The highest BCUT2D eigenvalue weighted by molar-refractivity contribution is 4.82. The van der Waals surface area contributed by atoms with E-state index in [1.54, 1.807) is 0 Å². The number of hydrogen-bond donors (Lipinski definition) is 1. The van der Waals surface area contributed by atoms with Gasteiger partial charge in [-0.3, -0.25) is 0 Å². The van der Waals surface area contributed by atoms with Crippen molar-refractivity contribution < 1.29 is 0 Å². The van der Waals surface area contributed by atoms with Crippen molar-refractivity contribution in [3.63, 3.8) is 0 Å². The van der Waals surface area contributed by atoms with E-state index in [9.17, 15) is 0 Å². The van der Waals surface area contributed by atoms with E-state index in [0.29, 0.717) is 0 Å². The first-order chi connectivity index (χ1) is 3.93. The molecule has 1 nitrogen and oxygen atoms in total. The molecule has 0 radical (unpaired) electrons. The fraction of sp³-hybridized carbons (Fsp3) is 1.00. The van der Waals surface area contributed by atoms with Crippen molar-refractivity contribution in [2.45, 2.75) is 38.6 Å². The highest BCUT2D eigenvalue weighted by atomic mass is 15.1. The monoisotopic (exact) mass is 113 g/mol. The zero-order chi connectivity index (χ0) is 5.82. The molecule has 0 saturated carbocycles. The highest BCUT2D eigenvalue weighted by Gasteiger charge is 2.17. The van der Waals surface area contributed by atoms with Crippen molar-refractivity contribution in [1.29, 1.82) is 0 Å². The molecule has 1 atom stereocenters. The Bertz CT molecular complexity index is 57.4. The number of hydrogen-bond acceptors (Lipinski definition) is 1. The van der Waals surface area contributed by atoms with Crippen LogP contribution in [0.2, 0.25) is 0 Å². The van der Waals surface area contributed by atoms with Gasteiger partial charge in [0.25, 0.3) is 0 Å². The minimum Gasteiger partial charge on any atom is -0.311 e. The van der Waals surface area contributed by atoms with E-state index in [-0.39, 0.29) is 0 Å². The number of unbranched alkanes of at least 4 members (excludes halogenated alkanes) is 2. The topological polar surface area (TPSA) is 21.9 Å². The molecular formula is C7H15N. The molecule has 0 aliphatic carbocycles. The molecule has 48 valence electrons. The summed E-state index contributed by atoms with van der Waals surface area (Å²) in [5.74, 6) is 0. The first-order valence-corrected chi connectivity index (χ1v) is 3.67. The van der Waals surface area contributed by atoms with Crippen molar-refractivity contribution in [3.05, 3.63) is 0 Å². The van der Waals surface area contributed by atoms with Crippen LogP contribution in [0.25, 0.3) is 0 Å². The summed E-state index contributed by atoms with van der Waals surface area (Å²) in [6.45, 7) is 3.53. The minimum atomic E-state index is 0.904. The van der Waals surface area contributed by atoms with Crippen LogP contribution in [0.3, 0.4) is 0 Å². The third-order valence-electron chi connectivity index (χ3n) is 1.65. The molecule has 1 heterocycles. The van der Waals surface area contributed by atoms with Gasteiger partial charge in [0.15, 0.2) is 0 Å². The maximum absolute atomic E-state index is 3.29. The van der Waals surface area contributed by atoms with Crippen LogP contribution in [0, 0.1) is 0 Å². The summed E-state index contributed by atoms with van der Waals surface area (Å²) in [4.78, 5) is 0. The maximum Gasteiger partial charge on any atom is 0.0193 e. The molecule has 0 aromatic heterocycles. The Labute approximate surface area is 51.5 Å². The standard InChI is InChI=1S/C7H15N/c1-2-3-4-5-7-6-8-7/h7-8H,2-6H2,1H3. The van der Waals surface area contributed by atoms with Crippen LogP contribution in [0.4, 0.5) is 0 Å². The molecule has 0 bridgehead atoms. The van der Waals surface area contributed by atoms with Crippen molar-refractivity contribution in [2.75, 3.05) is 6.54 Å². The molecule has 1 saturated heterocycles. The molecule has 0 aromatic rings. The van der Waals surface area contributed by atoms with Gasteiger partial charge >= 0.3 is 0 Å². The third kappa shape index (κ3) is 2.31. The second-order valence-corrected chi connectivity index (χ2v) is 2.60. The lowest BCUT2D eigenvalue weighted by Crippen LogP contribution is -1.88. The van der Waals surface area contributed by atoms with E-state index in [2.05, 4.69) is 12.2 Å². The number of rotatable bonds is 4. The zero-order valence-electron chi connectivity index (χ0n) is 5.61. The summed E-state index contributed by atoms with van der Waals surface area (Å²) in [7, 11) is 0. The van der Waals surface area contributed by atoms with Crippen LogP contribution in [0.1, 0.15) is 32.6 Å². The Morgan fingerprint density at radius 2 is 2.25 bits per heavy atom. The molecular weight excluding hydrogens is 98.1 g/mol. The average molecular weight is 113 g/mol. The predicted molar refractivity (Wildman–Crippen MR) is 35.9 cm³/mol. The van der Waals surface area contributed by atoms with Gasteiger partial charge in [-0.1, -0.05) is 26.2 Å². The van der Waals surface area contributed by atoms with Gasteiger partial charge in [0.2, 0.25) is 0 Å². The molecule has 0 amide bonds. The Morgan fingerprint density at radius 1 is 1.50 bits per heavy atom. The molecule has 0 spiro atoms. The smallest absolute Gasteiger partial charge is 0.0193 e. The van der Waals surface area contributed by atoms with E-state index in [4.69, 9.17) is 0 Å². The fourth-order valence-electron chi connectivity index (χ4n) is 0.928. The molecule has 1 heteroatoms. The van der Waals surface area contributed by atoms with Gasteiger partial charge in [-0.15, -0.1) is 0 Å². The second kappa shape index (κ2) is 3.08. The lowest BCUT2D eigenvalue weighted by Gasteiger charge is -1.91. The van der Waals surface area contributed by atoms with E-state index >= 15 is 0 Å². The van der Waals surface area contributed by atoms with Gasteiger partial charge in [-0.2, -0.15) is 0 Å². The quantitative estimate of drug-likeness (QED) is 0.433. The van der Waals surface area contributed by atoms with Crippen LogP contribution in [0.5, 0.6) is 0 Å². The van der Waals surface area contributed by atoms with Gasteiger partial charge < -0.3 is 5.32 Å². The van der Waals surface area contributed by atoms with Gasteiger partial charge in [0, 0.05) is 12.6 Å². The van der Waals surface area contributed by atoms with Crippen LogP contribution in [0.15, 0.2) is 0 Å². The molecule has 1 unspecified atom stereocenters. The first-order valence-electron chi connectivity index (χ1n) is 3.67. The lowest BCUT2D eigenvalue weighted by molar-refractivity contribution is 0.660. The largest absolute Gasteiger partial charge is 0.311 e. The van der Waals surface area contributed by atoms with E-state index in [0.717, 1.165) is 6.04 Å². The Morgan fingerprint density at radius 3 is 2.75 bits per heavy atom. The van der Waals surface area contributed by atoms with Crippen LogP contribution in [-0.4, -0.2) is 12.6 Å². The summed E-state index contributed by atoms with van der Waals surface area (Å²) in [5.41, 5.74) is 0. The summed E-state index contributed by atoms with van der Waals surface area (Å²) < 4.78 is 0. The molecule has 8 heavy (non-hydrogen) atoms. The highest BCUT2D eigenvalue weighted by Crippen LogP contribution is 2.08. The van der Waals surface area contributed by atoms with Crippen LogP contribution < -0.4 is 5.32 Å². The van der Waals surface area contributed by atoms with E-state index in [1.165, 1.54) is 32.2 Å². The average Bonchev–Trinajstić information content (AvgIpc) is 2.51. The molecule has 1 aliphatic rings. The zero-order valence-corrected chi connectivity index (χ0v) is 5.61. The summed E-state index contributed by atoms with van der Waals surface area (Å²) in [6, 6.07) is 0.904. The van der Waals surface area contributed by atoms with Crippen molar-refractivity contribution >= 4 is 0 Å². The Balaban J connectivity index is 1.74. The molecule has 0 aromatic carbocycles. The lowest BCUT2D eigenvalue weighted by atomic mass is 10.2. The number of nitrogens with one attached hydrogen (secondary N) is 1. The SMILES string of the molecule is CCCCCC1CN1. The summed E-state index contributed by atoms with van der Waals surface area (Å²) in [6.07, 6.45) is 5.60. The predicted octanol–water partition coefficient (Wildman–Crippen LogP) is 1.54. The normalized spacial score (nSPS) is 25.9.